The summed E-state index contributed by atoms with van der Waals surface area (Å²) in [6.07, 6.45) is -4.34. The number of nitrogens with one attached hydrogen (secondary N) is 1. The second-order valence-corrected chi connectivity index (χ2v) is 6.83. The van der Waals surface area contributed by atoms with E-state index in [4.69, 9.17) is 5.11 Å². The molecule has 0 unspecified atom stereocenters. The number of hydrogen-bond donors (Lipinski definition) is 2. The molecule has 0 radical (unpaired) electrons. The van der Waals surface area contributed by atoms with Crippen molar-refractivity contribution in [3.05, 3.63) is 28.2 Å². The number of halogens is 4. The van der Waals surface area contributed by atoms with E-state index in [0.717, 1.165) is 16.4 Å². The molecule has 0 bridgehead atoms. The molecule has 0 saturated heterocycles. The van der Waals surface area contributed by atoms with Crippen LogP contribution in [0.15, 0.2) is 22.7 Å². The second-order valence-electron chi connectivity index (χ2n) is 4.20. The fourth-order valence-corrected chi connectivity index (χ4v) is 2.86. The van der Waals surface area contributed by atoms with Gasteiger partial charge in [0.2, 0.25) is 0 Å². The van der Waals surface area contributed by atoms with Crippen molar-refractivity contribution >= 4 is 31.8 Å². The maximum Gasteiger partial charge on any atom is 0.416 e. The fraction of sp³-hybridized carbons (Fsp3) is 0.455. The lowest BCUT2D eigenvalue weighted by Gasteiger charge is -2.19. The third-order valence-electron chi connectivity index (χ3n) is 2.57. The molecule has 0 fully saturated rings. The average molecular weight is 391 g/mol. The lowest BCUT2D eigenvalue weighted by Crippen LogP contribution is -2.33. The first kappa shape index (κ1) is 18.2. The first-order chi connectivity index (χ1) is 9.58. The molecule has 0 spiro atoms. The Balaban J connectivity index is 3.01. The molecule has 5 nitrogen and oxygen atoms in total. The number of rotatable bonds is 6. The van der Waals surface area contributed by atoms with Crippen LogP contribution in [0.4, 0.5) is 18.9 Å². The smallest absolute Gasteiger partial charge is 0.396 e. The molecule has 1 rings (SSSR count). The van der Waals surface area contributed by atoms with E-state index in [0.29, 0.717) is 6.07 Å². The first-order valence-corrected chi connectivity index (χ1v) is 8.03. The van der Waals surface area contributed by atoms with Gasteiger partial charge >= 0.3 is 16.4 Å². The Morgan fingerprint density at radius 2 is 2.00 bits per heavy atom. The Kier molecular flexibility index (Phi) is 6.02. The van der Waals surface area contributed by atoms with Crippen LogP contribution in [-0.4, -0.2) is 38.0 Å². The molecular weight excluding hydrogens is 377 g/mol. The number of hydrogen-bond acceptors (Lipinski definition) is 3. The summed E-state index contributed by atoms with van der Waals surface area (Å²) in [5.41, 5.74) is -1.16. The van der Waals surface area contributed by atoms with Gasteiger partial charge in [0.25, 0.3) is 0 Å². The highest BCUT2D eigenvalue weighted by molar-refractivity contribution is 9.10. The van der Waals surface area contributed by atoms with Crippen molar-refractivity contribution in [1.29, 1.82) is 0 Å². The van der Waals surface area contributed by atoms with E-state index in [-0.39, 0.29) is 29.7 Å². The molecule has 0 aromatic heterocycles. The second kappa shape index (κ2) is 6.95. The summed E-state index contributed by atoms with van der Waals surface area (Å²) in [6.45, 7) is -0.143. The zero-order valence-electron chi connectivity index (χ0n) is 11.0. The zero-order valence-corrected chi connectivity index (χ0v) is 13.4. The van der Waals surface area contributed by atoms with Gasteiger partial charge in [-0.25, -0.2) is 0 Å². The predicted molar refractivity (Wildman–Crippen MR) is 76.0 cm³/mol. The Hall–Kier alpha value is -0.840. The largest absolute Gasteiger partial charge is 0.416 e. The van der Waals surface area contributed by atoms with Crippen molar-refractivity contribution in [2.45, 2.75) is 12.6 Å². The van der Waals surface area contributed by atoms with Gasteiger partial charge in [-0.05, 0) is 40.5 Å². The van der Waals surface area contributed by atoms with Gasteiger partial charge in [-0.2, -0.15) is 25.9 Å². The highest BCUT2D eigenvalue weighted by Gasteiger charge is 2.31. The number of aliphatic hydroxyl groups is 1. The van der Waals surface area contributed by atoms with E-state index in [9.17, 15) is 21.6 Å². The molecule has 2 N–H and O–H groups in total. The minimum Gasteiger partial charge on any atom is -0.396 e. The van der Waals surface area contributed by atoms with Crippen LogP contribution in [0, 0.1) is 0 Å². The standard InChI is InChI=1S/C11H14BrF3N2O3S/c1-17(5-2-6-18)21(19,20)16-10-7-8(11(13,14)15)3-4-9(10)12/h3-4,7,16,18H,2,5-6H2,1H3. The molecule has 10 heteroatoms. The molecule has 0 aliphatic carbocycles. The fourth-order valence-electron chi connectivity index (χ4n) is 1.41. The molecular formula is C11H14BrF3N2O3S. The van der Waals surface area contributed by atoms with Crippen LogP contribution in [0.3, 0.4) is 0 Å². The van der Waals surface area contributed by atoms with E-state index < -0.39 is 21.9 Å². The van der Waals surface area contributed by atoms with Crippen molar-refractivity contribution in [2.24, 2.45) is 0 Å². The van der Waals surface area contributed by atoms with Crippen LogP contribution >= 0.6 is 15.9 Å². The van der Waals surface area contributed by atoms with E-state index in [1.807, 2.05) is 0 Å². The van der Waals surface area contributed by atoms with E-state index in [2.05, 4.69) is 20.7 Å². The SMILES string of the molecule is CN(CCCO)S(=O)(=O)Nc1cc(C(F)(F)F)ccc1Br. The minimum absolute atomic E-state index is 0.0441. The lowest BCUT2D eigenvalue weighted by molar-refractivity contribution is -0.137. The third kappa shape index (κ3) is 5.13. The minimum atomic E-state index is -4.57. The van der Waals surface area contributed by atoms with Crippen LogP contribution in [0.2, 0.25) is 0 Å². The summed E-state index contributed by atoms with van der Waals surface area (Å²) in [6, 6.07) is 2.67. The summed E-state index contributed by atoms with van der Waals surface area (Å²) in [4.78, 5) is 0. The van der Waals surface area contributed by atoms with Crippen molar-refractivity contribution < 1.29 is 26.7 Å². The number of anilines is 1. The summed E-state index contributed by atoms with van der Waals surface area (Å²) in [7, 11) is -2.73. The molecule has 0 aliphatic rings. The maximum atomic E-state index is 12.6. The molecule has 0 saturated carbocycles. The maximum absolute atomic E-state index is 12.6. The monoisotopic (exact) mass is 390 g/mol. The van der Waals surface area contributed by atoms with Crippen LogP contribution in [0.1, 0.15) is 12.0 Å². The first-order valence-electron chi connectivity index (χ1n) is 5.79. The Morgan fingerprint density at radius 3 is 2.52 bits per heavy atom. The van der Waals surface area contributed by atoms with E-state index >= 15 is 0 Å². The summed E-state index contributed by atoms with van der Waals surface area (Å²) < 4.78 is 65.0. The van der Waals surface area contributed by atoms with Gasteiger partial charge < -0.3 is 5.11 Å². The lowest BCUT2D eigenvalue weighted by atomic mass is 10.2. The quantitative estimate of drug-likeness (QED) is 0.783. The molecule has 120 valence electrons. The molecule has 0 amide bonds. The van der Waals surface area contributed by atoms with Crippen molar-refractivity contribution in [3.8, 4) is 0 Å². The summed E-state index contributed by atoms with van der Waals surface area (Å²) in [5, 5.41) is 8.67. The van der Waals surface area contributed by atoms with Crippen LogP contribution in [0.5, 0.6) is 0 Å². The van der Waals surface area contributed by atoms with E-state index in [1.54, 1.807) is 0 Å². The molecule has 0 heterocycles. The zero-order chi connectivity index (χ0) is 16.3. The van der Waals surface area contributed by atoms with Crippen molar-refractivity contribution in [2.75, 3.05) is 24.9 Å². The van der Waals surface area contributed by atoms with Crippen LogP contribution < -0.4 is 4.72 Å². The van der Waals surface area contributed by atoms with Gasteiger partial charge in [0, 0.05) is 24.7 Å². The van der Waals surface area contributed by atoms with Gasteiger partial charge in [0.15, 0.2) is 0 Å². The number of benzene rings is 1. The Morgan fingerprint density at radius 1 is 1.38 bits per heavy atom. The van der Waals surface area contributed by atoms with Gasteiger partial charge in [-0.3, -0.25) is 4.72 Å². The average Bonchev–Trinajstić information content (AvgIpc) is 2.36. The number of aliphatic hydroxyl groups excluding tert-OH is 1. The number of nitrogens with zero attached hydrogens (tertiary/aromatic N) is 1. The van der Waals surface area contributed by atoms with Crippen molar-refractivity contribution in [3.63, 3.8) is 0 Å². The molecule has 21 heavy (non-hydrogen) atoms. The third-order valence-corrected chi connectivity index (χ3v) is 4.75. The highest BCUT2D eigenvalue weighted by atomic mass is 79.9. The molecule has 0 atom stereocenters. The topological polar surface area (TPSA) is 69.6 Å². The summed E-state index contributed by atoms with van der Waals surface area (Å²) >= 11 is 3.00. The predicted octanol–water partition coefficient (Wildman–Crippen LogP) is 2.44. The van der Waals surface area contributed by atoms with Crippen LogP contribution in [0.25, 0.3) is 0 Å². The molecule has 1 aromatic carbocycles. The number of alkyl halides is 3. The van der Waals surface area contributed by atoms with Crippen LogP contribution in [-0.2, 0) is 16.4 Å². The Labute approximate surface area is 129 Å². The van der Waals surface area contributed by atoms with E-state index in [1.165, 1.54) is 7.05 Å². The van der Waals surface area contributed by atoms with Gasteiger partial charge in [0.1, 0.15) is 0 Å². The van der Waals surface area contributed by atoms with Gasteiger partial charge in [0.05, 0.1) is 11.3 Å². The molecule has 0 aliphatic heterocycles. The normalized spacial score (nSPS) is 12.7. The van der Waals surface area contributed by atoms with Gasteiger partial charge in [-0.1, -0.05) is 0 Å². The highest BCUT2D eigenvalue weighted by Crippen LogP contribution is 2.34. The Bertz CT molecular complexity index is 593. The summed E-state index contributed by atoms with van der Waals surface area (Å²) in [5.74, 6) is 0. The molecule has 1 aromatic rings. The van der Waals surface area contributed by atoms with Gasteiger partial charge in [-0.15, -0.1) is 0 Å². The van der Waals surface area contributed by atoms with Crippen molar-refractivity contribution in [1.82, 2.24) is 4.31 Å².